The van der Waals surface area contributed by atoms with Crippen molar-refractivity contribution >= 4 is 29.0 Å². The molecule has 2 aromatic rings. The second kappa shape index (κ2) is 8.43. The molecule has 1 aromatic carbocycles. The van der Waals surface area contributed by atoms with Gasteiger partial charge in [-0.3, -0.25) is 4.79 Å². The lowest BCUT2D eigenvalue weighted by atomic mass is 10.2. The molecule has 0 radical (unpaired) electrons. The zero-order valence-corrected chi connectivity index (χ0v) is 16.3. The predicted octanol–water partition coefficient (Wildman–Crippen LogP) is 5.13. The molecule has 4 nitrogen and oxygen atoms in total. The molecule has 1 aliphatic rings. The van der Waals surface area contributed by atoms with E-state index in [2.05, 4.69) is 10.0 Å². The van der Waals surface area contributed by atoms with Gasteiger partial charge in [0.2, 0.25) is 0 Å². The van der Waals surface area contributed by atoms with E-state index in [1.807, 2.05) is 26.8 Å². The maximum Gasteiger partial charge on any atom is 0.255 e. The van der Waals surface area contributed by atoms with Gasteiger partial charge in [0, 0.05) is 24.1 Å². The van der Waals surface area contributed by atoms with E-state index < -0.39 is 0 Å². The van der Waals surface area contributed by atoms with Crippen molar-refractivity contribution in [2.24, 2.45) is 7.05 Å². The average Bonchev–Trinajstić information content (AvgIpc) is 3.42. The summed E-state index contributed by atoms with van der Waals surface area (Å²) < 4.78 is 19.0. The van der Waals surface area contributed by atoms with E-state index in [1.165, 1.54) is 18.9 Å². The van der Waals surface area contributed by atoms with Gasteiger partial charge in [0.15, 0.2) is 0 Å². The van der Waals surface area contributed by atoms with Crippen LogP contribution in [0.15, 0.2) is 29.2 Å². The number of aryl methyl sites for hydroxylation is 2. The summed E-state index contributed by atoms with van der Waals surface area (Å²) in [7, 11) is 1.72. The highest BCUT2D eigenvalue weighted by molar-refractivity contribution is 8.01. The number of aromatic nitrogens is 1. The van der Waals surface area contributed by atoms with Crippen molar-refractivity contribution in [3.05, 3.63) is 51.7 Å². The molecular weight excluding hydrogens is 337 g/mol. The summed E-state index contributed by atoms with van der Waals surface area (Å²) in [5.74, 6) is -0.328. The van der Waals surface area contributed by atoms with E-state index in [-0.39, 0.29) is 11.4 Å². The zero-order valence-electron chi connectivity index (χ0n) is 15.4. The fourth-order valence-electron chi connectivity index (χ4n) is 2.32. The summed E-state index contributed by atoms with van der Waals surface area (Å²) in [4.78, 5) is 12.2. The quantitative estimate of drug-likeness (QED) is 0.723. The summed E-state index contributed by atoms with van der Waals surface area (Å²) in [6.07, 6.45) is 4.16. The number of anilines is 3. The van der Waals surface area contributed by atoms with Gasteiger partial charge in [0.25, 0.3) is 5.56 Å². The lowest BCUT2D eigenvalue weighted by Crippen LogP contribution is -2.21. The van der Waals surface area contributed by atoms with Crippen LogP contribution in [0, 0.1) is 19.7 Å². The molecule has 0 spiro atoms. The Morgan fingerprint density at radius 1 is 1.20 bits per heavy atom. The van der Waals surface area contributed by atoms with Gasteiger partial charge in [-0.15, -0.1) is 0 Å². The van der Waals surface area contributed by atoms with Gasteiger partial charge in [-0.2, -0.15) is 0 Å². The number of benzene rings is 1. The van der Waals surface area contributed by atoms with Gasteiger partial charge in [-0.1, -0.05) is 19.9 Å². The van der Waals surface area contributed by atoms with Crippen molar-refractivity contribution in [2.75, 3.05) is 10.0 Å². The summed E-state index contributed by atoms with van der Waals surface area (Å²) in [5.41, 5.74) is 3.11. The van der Waals surface area contributed by atoms with Crippen LogP contribution in [-0.4, -0.2) is 9.82 Å². The van der Waals surface area contributed by atoms with Crippen LogP contribution >= 0.6 is 11.9 Å². The predicted molar refractivity (Wildman–Crippen MR) is 106 cm³/mol. The molecule has 0 saturated heterocycles. The molecule has 3 rings (SSSR count). The molecule has 0 amide bonds. The highest BCUT2D eigenvalue weighted by Gasteiger charge is 2.23. The number of rotatable bonds is 5. The minimum Gasteiger partial charge on any atom is -0.351 e. The molecule has 1 aliphatic carbocycles. The monoisotopic (exact) mass is 363 g/mol. The first kappa shape index (κ1) is 19.4. The third-order valence-electron chi connectivity index (χ3n) is 3.85. The average molecular weight is 364 g/mol. The maximum atomic E-state index is 14.1. The largest absolute Gasteiger partial charge is 0.351 e. The summed E-state index contributed by atoms with van der Waals surface area (Å²) in [6.45, 7) is 7.60. The van der Waals surface area contributed by atoms with E-state index in [0.29, 0.717) is 22.2 Å². The number of hydrogen-bond acceptors (Lipinski definition) is 4. The van der Waals surface area contributed by atoms with Gasteiger partial charge in [-0.05, 0) is 56.3 Å². The molecule has 2 N–H and O–H groups in total. The topological polar surface area (TPSA) is 46.1 Å². The van der Waals surface area contributed by atoms with Crippen LogP contribution in [0.4, 0.5) is 21.5 Å². The van der Waals surface area contributed by atoms with Gasteiger partial charge in [0.05, 0.1) is 17.1 Å². The Morgan fingerprint density at radius 3 is 2.48 bits per heavy atom. The molecule has 1 saturated carbocycles. The first-order valence-electron chi connectivity index (χ1n) is 8.61. The number of halogens is 1. The van der Waals surface area contributed by atoms with Gasteiger partial charge >= 0.3 is 0 Å². The molecule has 0 bridgehead atoms. The molecule has 1 fully saturated rings. The van der Waals surface area contributed by atoms with E-state index in [4.69, 9.17) is 0 Å². The van der Waals surface area contributed by atoms with Crippen LogP contribution in [0.25, 0.3) is 0 Å². The molecule has 25 heavy (non-hydrogen) atoms. The standard InChI is InChI=1S/C17H20FN3OS.C2H6/c1-10-4-7-14(13(18)8-10)19-16-11(2)17(22)21(3)9-15(16)20-23-12-5-6-12;1-2/h4,7-9,12,19-20H,5-6H2,1-3H3;1-2H3. The third kappa shape index (κ3) is 4.78. The molecule has 6 heteroatoms. The minimum absolute atomic E-state index is 0.0954. The fourth-order valence-corrected chi connectivity index (χ4v) is 3.14. The molecular formula is C19H26FN3OS. The highest BCUT2D eigenvalue weighted by atomic mass is 32.2. The molecule has 1 heterocycles. The Hall–Kier alpha value is -1.95. The highest BCUT2D eigenvalue weighted by Crippen LogP contribution is 2.37. The molecule has 136 valence electrons. The summed E-state index contributed by atoms with van der Waals surface area (Å²) in [6, 6.07) is 5.01. The minimum atomic E-state index is -0.328. The van der Waals surface area contributed by atoms with Crippen LogP contribution < -0.4 is 15.6 Å². The Kier molecular flexibility index (Phi) is 6.53. The van der Waals surface area contributed by atoms with E-state index in [0.717, 1.165) is 11.3 Å². The van der Waals surface area contributed by atoms with Gasteiger partial charge < -0.3 is 14.6 Å². The smallest absolute Gasteiger partial charge is 0.255 e. The Morgan fingerprint density at radius 2 is 1.88 bits per heavy atom. The number of hydrogen-bond donors (Lipinski definition) is 2. The normalized spacial score (nSPS) is 13.0. The van der Waals surface area contributed by atoms with Crippen LogP contribution in [0.1, 0.15) is 37.8 Å². The lowest BCUT2D eigenvalue weighted by Gasteiger charge is -2.17. The number of nitrogens with one attached hydrogen (secondary N) is 2. The SMILES string of the molecule is CC.Cc1ccc(Nc2c(NSC3CC3)cn(C)c(=O)c2C)c(F)c1. The van der Waals surface area contributed by atoms with Gasteiger partial charge in [-0.25, -0.2) is 4.39 Å². The number of nitrogens with zero attached hydrogens (tertiary/aromatic N) is 1. The Labute approximate surface area is 153 Å². The first-order valence-corrected chi connectivity index (χ1v) is 9.48. The van der Waals surface area contributed by atoms with Crippen LogP contribution in [0.3, 0.4) is 0 Å². The third-order valence-corrected chi connectivity index (χ3v) is 4.99. The summed E-state index contributed by atoms with van der Waals surface area (Å²) in [5, 5.41) is 3.71. The van der Waals surface area contributed by atoms with Crippen molar-refractivity contribution in [3.8, 4) is 0 Å². The Bertz CT molecular complexity index is 800. The molecule has 1 aromatic heterocycles. The molecule has 0 aliphatic heterocycles. The Balaban J connectivity index is 0.00000109. The van der Waals surface area contributed by atoms with Crippen LogP contribution in [-0.2, 0) is 7.05 Å². The number of pyridine rings is 1. The molecule has 0 unspecified atom stereocenters. The van der Waals surface area contributed by atoms with Crippen molar-refractivity contribution in [1.29, 1.82) is 0 Å². The van der Waals surface area contributed by atoms with Gasteiger partial charge in [0.1, 0.15) is 5.82 Å². The second-order valence-electron chi connectivity index (χ2n) is 5.99. The van der Waals surface area contributed by atoms with Crippen LogP contribution in [0.2, 0.25) is 0 Å². The first-order chi connectivity index (χ1) is 12.0. The summed E-state index contributed by atoms with van der Waals surface area (Å²) >= 11 is 1.65. The van der Waals surface area contributed by atoms with Crippen molar-refractivity contribution < 1.29 is 4.39 Å². The van der Waals surface area contributed by atoms with Crippen molar-refractivity contribution in [3.63, 3.8) is 0 Å². The van der Waals surface area contributed by atoms with E-state index in [1.54, 1.807) is 42.7 Å². The molecule has 0 atom stereocenters. The van der Waals surface area contributed by atoms with Crippen molar-refractivity contribution in [1.82, 2.24) is 4.57 Å². The van der Waals surface area contributed by atoms with E-state index >= 15 is 0 Å². The van der Waals surface area contributed by atoms with Crippen LogP contribution in [0.5, 0.6) is 0 Å². The van der Waals surface area contributed by atoms with Crippen molar-refractivity contribution in [2.45, 2.75) is 45.8 Å². The second-order valence-corrected chi connectivity index (χ2v) is 7.09. The lowest BCUT2D eigenvalue weighted by molar-refractivity contribution is 0.630. The van der Waals surface area contributed by atoms with E-state index in [9.17, 15) is 9.18 Å². The fraction of sp³-hybridized carbons (Fsp3) is 0.421. The maximum absolute atomic E-state index is 14.1. The zero-order chi connectivity index (χ0) is 18.6.